The van der Waals surface area contributed by atoms with E-state index in [0.717, 1.165) is 11.0 Å². The number of carbonyl (C=O) groups excluding carboxylic acids is 3. The topological polar surface area (TPSA) is 93.7 Å². The Morgan fingerprint density at radius 1 is 1.08 bits per heavy atom. The van der Waals surface area contributed by atoms with E-state index >= 15 is 0 Å². The average molecular weight is 374 g/mol. The quantitative estimate of drug-likeness (QED) is 0.571. The van der Waals surface area contributed by atoms with Crippen LogP contribution in [0.15, 0.2) is 53.6 Å². The number of methoxy groups -OCH3 is 2. The van der Waals surface area contributed by atoms with E-state index in [9.17, 15) is 14.4 Å². The maximum Gasteiger partial charge on any atom is 0.354 e. The van der Waals surface area contributed by atoms with Crippen LogP contribution in [0.5, 0.6) is 0 Å². The highest BCUT2D eigenvalue weighted by molar-refractivity contribution is 7.09. The minimum absolute atomic E-state index is 0.0748. The maximum absolute atomic E-state index is 12.1. The molecule has 0 radical (unpaired) electrons. The third-order valence-electron chi connectivity index (χ3n) is 3.30. The molecule has 8 heteroatoms. The monoisotopic (exact) mass is 374 g/mol. The number of amides is 1. The average Bonchev–Trinajstić information content (AvgIpc) is 3.19. The van der Waals surface area contributed by atoms with Crippen LogP contribution in [0.3, 0.4) is 0 Å². The number of hydrogen-bond acceptors (Lipinski definition) is 7. The first-order chi connectivity index (χ1) is 12.5. The SMILES string of the molecule is COC(=O)/C=C(/Nc1ccc(C(=O)NCc2cccs2)cc1)C(=O)OC. The van der Waals surface area contributed by atoms with Crippen molar-refractivity contribution in [2.24, 2.45) is 0 Å². The lowest BCUT2D eigenvalue weighted by atomic mass is 10.2. The van der Waals surface area contributed by atoms with Gasteiger partial charge in [0.1, 0.15) is 5.70 Å². The van der Waals surface area contributed by atoms with E-state index in [1.807, 2.05) is 17.5 Å². The van der Waals surface area contributed by atoms with Crippen LogP contribution in [0.1, 0.15) is 15.2 Å². The van der Waals surface area contributed by atoms with Crippen LogP contribution in [0, 0.1) is 0 Å². The molecule has 0 aliphatic rings. The molecule has 0 unspecified atom stereocenters. The van der Waals surface area contributed by atoms with Crippen molar-refractivity contribution in [1.29, 1.82) is 0 Å². The van der Waals surface area contributed by atoms with E-state index in [-0.39, 0.29) is 11.6 Å². The van der Waals surface area contributed by atoms with Crippen LogP contribution in [-0.4, -0.2) is 32.1 Å². The Labute approximate surface area is 154 Å². The Bertz CT molecular complexity index is 797. The van der Waals surface area contributed by atoms with Gasteiger partial charge >= 0.3 is 11.9 Å². The van der Waals surface area contributed by atoms with Gasteiger partial charge in [0, 0.05) is 16.1 Å². The number of carbonyl (C=O) groups is 3. The number of esters is 2. The molecule has 7 nitrogen and oxygen atoms in total. The molecule has 0 atom stereocenters. The molecule has 2 aromatic rings. The summed E-state index contributed by atoms with van der Waals surface area (Å²) in [7, 11) is 2.41. The fourth-order valence-corrected chi connectivity index (χ4v) is 2.62. The lowest BCUT2D eigenvalue weighted by Crippen LogP contribution is -2.22. The second-order valence-electron chi connectivity index (χ2n) is 5.04. The van der Waals surface area contributed by atoms with Gasteiger partial charge in [0.05, 0.1) is 26.8 Å². The number of ether oxygens (including phenoxy) is 2. The third-order valence-corrected chi connectivity index (χ3v) is 4.17. The second kappa shape index (κ2) is 9.38. The summed E-state index contributed by atoms with van der Waals surface area (Å²) in [4.78, 5) is 36.3. The summed E-state index contributed by atoms with van der Waals surface area (Å²) in [6.07, 6.45) is 0.994. The summed E-state index contributed by atoms with van der Waals surface area (Å²) >= 11 is 1.57. The fourth-order valence-electron chi connectivity index (χ4n) is 1.98. The molecular weight excluding hydrogens is 356 g/mol. The number of anilines is 1. The lowest BCUT2D eigenvalue weighted by Gasteiger charge is -2.10. The molecule has 0 bridgehead atoms. The normalized spacial score (nSPS) is 10.8. The molecule has 0 saturated carbocycles. The van der Waals surface area contributed by atoms with Gasteiger partial charge in [-0.1, -0.05) is 6.07 Å². The number of benzene rings is 1. The highest BCUT2D eigenvalue weighted by Crippen LogP contribution is 2.14. The molecule has 0 fully saturated rings. The van der Waals surface area contributed by atoms with Crippen molar-refractivity contribution in [3.63, 3.8) is 0 Å². The van der Waals surface area contributed by atoms with Crippen molar-refractivity contribution in [2.75, 3.05) is 19.5 Å². The molecule has 0 saturated heterocycles. The van der Waals surface area contributed by atoms with Crippen molar-refractivity contribution < 1.29 is 23.9 Å². The number of hydrogen-bond donors (Lipinski definition) is 2. The predicted molar refractivity (Wildman–Crippen MR) is 97.7 cm³/mol. The minimum atomic E-state index is -0.715. The van der Waals surface area contributed by atoms with Gasteiger partial charge < -0.3 is 20.1 Å². The van der Waals surface area contributed by atoms with Crippen molar-refractivity contribution in [2.45, 2.75) is 6.54 Å². The van der Waals surface area contributed by atoms with Crippen LogP contribution in [0.2, 0.25) is 0 Å². The number of nitrogens with one attached hydrogen (secondary N) is 2. The van der Waals surface area contributed by atoms with Crippen molar-refractivity contribution in [3.8, 4) is 0 Å². The highest BCUT2D eigenvalue weighted by atomic mass is 32.1. The fraction of sp³-hybridized carbons (Fsp3) is 0.167. The van der Waals surface area contributed by atoms with Crippen LogP contribution in [-0.2, 0) is 25.6 Å². The van der Waals surface area contributed by atoms with E-state index in [1.165, 1.54) is 14.2 Å². The molecule has 0 spiro atoms. The molecule has 1 amide bonds. The van der Waals surface area contributed by atoms with E-state index in [2.05, 4.69) is 20.1 Å². The summed E-state index contributed by atoms with van der Waals surface area (Å²) in [5.74, 6) is -1.61. The Morgan fingerprint density at radius 3 is 2.38 bits per heavy atom. The molecule has 1 aromatic heterocycles. The van der Waals surface area contributed by atoms with Crippen molar-refractivity contribution in [3.05, 3.63) is 64.0 Å². The van der Waals surface area contributed by atoms with Gasteiger partial charge in [0.15, 0.2) is 0 Å². The molecule has 1 aromatic carbocycles. The Balaban J connectivity index is 2.02. The van der Waals surface area contributed by atoms with Crippen molar-refractivity contribution in [1.82, 2.24) is 5.32 Å². The highest BCUT2D eigenvalue weighted by Gasteiger charge is 2.13. The van der Waals surface area contributed by atoms with Gasteiger partial charge in [-0.05, 0) is 35.7 Å². The predicted octanol–water partition coefficient (Wildman–Crippen LogP) is 2.32. The smallest absolute Gasteiger partial charge is 0.354 e. The molecule has 136 valence electrons. The maximum atomic E-state index is 12.1. The largest absolute Gasteiger partial charge is 0.466 e. The van der Waals surface area contributed by atoms with E-state index in [0.29, 0.717) is 17.8 Å². The summed E-state index contributed by atoms with van der Waals surface area (Å²) in [5, 5.41) is 7.55. The molecule has 2 rings (SSSR count). The van der Waals surface area contributed by atoms with Gasteiger partial charge in [0.25, 0.3) is 5.91 Å². The first-order valence-electron chi connectivity index (χ1n) is 7.59. The lowest BCUT2D eigenvalue weighted by molar-refractivity contribution is -0.138. The molecule has 26 heavy (non-hydrogen) atoms. The Hall–Kier alpha value is -3.13. The summed E-state index contributed by atoms with van der Waals surface area (Å²) in [5.41, 5.74) is 0.915. The first kappa shape index (κ1) is 19.2. The Morgan fingerprint density at radius 2 is 1.81 bits per heavy atom. The van der Waals surface area contributed by atoms with Crippen LogP contribution >= 0.6 is 11.3 Å². The van der Waals surface area contributed by atoms with E-state index < -0.39 is 11.9 Å². The number of rotatable bonds is 7. The van der Waals surface area contributed by atoms with Gasteiger partial charge in [-0.25, -0.2) is 9.59 Å². The van der Waals surface area contributed by atoms with E-state index in [1.54, 1.807) is 35.6 Å². The minimum Gasteiger partial charge on any atom is -0.466 e. The molecular formula is C18H18N2O5S. The van der Waals surface area contributed by atoms with Gasteiger partial charge in [-0.15, -0.1) is 11.3 Å². The number of thiophene rings is 1. The van der Waals surface area contributed by atoms with Crippen molar-refractivity contribution >= 4 is 34.9 Å². The molecule has 2 N–H and O–H groups in total. The summed E-state index contributed by atoms with van der Waals surface area (Å²) in [6.45, 7) is 0.463. The van der Waals surface area contributed by atoms with E-state index in [4.69, 9.17) is 0 Å². The third kappa shape index (κ3) is 5.45. The van der Waals surface area contributed by atoms with Gasteiger partial charge in [-0.3, -0.25) is 4.79 Å². The first-order valence-corrected chi connectivity index (χ1v) is 8.47. The van der Waals surface area contributed by atoms with Gasteiger partial charge in [-0.2, -0.15) is 0 Å². The summed E-state index contributed by atoms with van der Waals surface area (Å²) in [6, 6.07) is 10.3. The molecule has 1 heterocycles. The zero-order valence-corrected chi connectivity index (χ0v) is 15.1. The Kier molecular flexibility index (Phi) is 6.92. The van der Waals surface area contributed by atoms with Crippen LogP contribution in [0.25, 0.3) is 0 Å². The zero-order chi connectivity index (χ0) is 18.9. The summed E-state index contributed by atoms with van der Waals surface area (Å²) < 4.78 is 9.12. The molecule has 0 aliphatic heterocycles. The molecule has 0 aliphatic carbocycles. The van der Waals surface area contributed by atoms with Crippen LogP contribution in [0.4, 0.5) is 5.69 Å². The zero-order valence-electron chi connectivity index (χ0n) is 14.3. The standard InChI is InChI=1S/C18H18N2O5S/c1-24-16(21)10-15(18(23)25-2)20-13-7-5-12(6-8-13)17(22)19-11-14-4-3-9-26-14/h3-10,20H,11H2,1-2H3,(H,19,22)/b15-10+. The van der Waals surface area contributed by atoms with Gasteiger partial charge in [0.2, 0.25) is 0 Å². The van der Waals surface area contributed by atoms with Crippen LogP contribution < -0.4 is 10.6 Å². The second-order valence-corrected chi connectivity index (χ2v) is 6.07.